The highest BCUT2D eigenvalue weighted by Crippen LogP contribution is 2.04. The average molecular weight is 197 g/mol. The van der Waals surface area contributed by atoms with Gasteiger partial charge in [0.2, 0.25) is 0 Å². The number of rotatable bonds is 6. The molecule has 1 rings (SSSR count). The number of amides is 1. The quantitative estimate of drug-likeness (QED) is 0.598. The normalized spacial score (nSPS) is 18.5. The van der Waals surface area contributed by atoms with Crippen LogP contribution in [0.5, 0.6) is 0 Å². The van der Waals surface area contributed by atoms with Crippen LogP contribution in [0.2, 0.25) is 0 Å². The average Bonchev–Trinajstić information content (AvgIpc) is 2.25. The van der Waals surface area contributed by atoms with E-state index in [1.54, 1.807) is 4.90 Å². The first-order valence-electron chi connectivity index (χ1n) is 5.72. The van der Waals surface area contributed by atoms with E-state index in [-0.39, 0.29) is 0 Å². The van der Waals surface area contributed by atoms with Crippen molar-refractivity contribution in [3.63, 3.8) is 0 Å². The van der Waals surface area contributed by atoms with Gasteiger partial charge in [0.1, 0.15) is 0 Å². The largest absolute Gasteiger partial charge is 0.332 e. The molecule has 0 bridgehead atoms. The van der Waals surface area contributed by atoms with Crippen molar-refractivity contribution in [2.45, 2.75) is 32.6 Å². The van der Waals surface area contributed by atoms with Crippen molar-refractivity contribution in [1.29, 1.82) is 0 Å². The summed E-state index contributed by atoms with van der Waals surface area (Å²) >= 11 is 0. The van der Waals surface area contributed by atoms with Gasteiger partial charge in [-0.3, -0.25) is 9.69 Å². The summed E-state index contributed by atoms with van der Waals surface area (Å²) in [5.41, 5.74) is 0. The predicted octanol–water partition coefficient (Wildman–Crippen LogP) is 1.25. The maximum absolute atomic E-state index is 10.3. The highest BCUT2D eigenvalue weighted by Gasteiger charge is 2.14. The summed E-state index contributed by atoms with van der Waals surface area (Å²) in [5, 5.41) is 0. The van der Waals surface area contributed by atoms with Gasteiger partial charge in [-0.15, -0.1) is 0 Å². The maximum atomic E-state index is 10.3. The molecule has 0 spiro atoms. The third kappa shape index (κ3) is 4.09. The van der Waals surface area contributed by atoms with Gasteiger partial charge in [0.15, 0.2) is 0 Å². The first-order valence-corrected chi connectivity index (χ1v) is 5.72. The van der Waals surface area contributed by atoms with Gasteiger partial charge in [0.05, 0.1) is 0 Å². The second kappa shape index (κ2) is 6.82. The SMILES string of the molecule is CCCCCCN1CCN([C]=O)CC1. The number of piperazine rings is 1. The van der Waals surface area contributed by atoms with Crippen molar-refractivity contribution in [2.24, 2.45) is 0 Å². The summed E-state index contributed by atoms with van der Waals surface area (Å²) in [7, 11) is 0. The molecule has 0 unspecified atom stereocenters. The van der Waals surface area contributed by atoms with Crippen molar-refractivity contribution in [3.8, 4) is 0 Å². The molecule has 0 aromatic carbocycles. The fourth-order valence-corrected chi connectivity index (χ4v) is 1.82. The third-order valence-corrected chi connectivity index (χ3v) is 2.83. The van der Waals surface area contributed by atoms with Gasteiger partial charge in [-0.1, -0.05) is 26.2 Å². The highest BCUT2D eigenvalue weighted by molar-refractivity contribution is 5.48. The molecular weight excluding hydrogens is 176 g/mol. The van der Waals surface area contributed by atoms with E-state index in [9.17, 15) is 4.79 Å². The molecule has 0 aromatic rings. The Morgan fingerprint density at radius 1 is 1.07 bits per heavy atom. The lowest BCUT2D eigenvalue weighted by Crippen LogP contribution is -2.45. The van der Waals surface area contributed by atoms with Crippen LogP contribution in [-0.4, -0.2) is 48.9 Å². The Labute approximate surface area is 87.1 Å². The van der Waals surface area contributed by atoms with Crippen LogP contribution in [0.25, 0.3) is 0 Å². The van der Waals surface area contributed by atoms with Gasteiger partial charge in [-0.2, -0.15) is 0 Å². The Hall–Kier alpha value is -0.570. The second-order valence-corrected chi connectivity index (χ2v) is 3.98. The fourth-order valence-electron chi connectivity index (χ4n) is 1.82. The topological polar surface area (TPSA) is 23.6 Å². The molecule has 0 atom stereocenters. The molecule has 3 nitrogen and oxygen atoms in total. The number of carbonyl (C=O) groups excluding carboxylic acids is 1. The maximum Gasteiger partial charge on any atom is 0.312 e. The molecule has 1 fully saturated rings. The first kappa shape index (κ1) is 11.5. The molecule has 0 saturated carbocycles. The predicted molar refractivity (Wildman–Crippen MR) is 57.8 cm³/mol. The van der Waals surface area contributed by atoms with Crippen LogP contribution < -0.4 is 0 Å². The molecule has 3 heteroatoms. The Morgan fingerprint density at radius 2 is 1.79 bits per heavy atom. The van der Waals surface area contributed by atoms with E-state index in [2.05, 4.69) is 11.8 Å². The van der Waals surface area contributed by atoms with Crippen LogP contribution in [0.4, 0.5) is 0 Å². The lowest BCUT2D eigenvalue weighted by Gasteiger charge is -2.31. The van der Waals surface area contributed by atoms with Crippen molar-refractivity contribution in [2.75, 3.05) is 32.7 Å². The minimum absolute atomic E-state index is 0.858. The van der Waals surface area contributed by atoms with Crippen LogP contribution in [0.3, 0.4) is 0 Å². The van der Waals surface area contributed by atoms with Gasteiger partial charge in [0, 0.05) is 26.2 Å². The van der Waals surface area contributed by atoms with E-state index >= 15 is 0 Å². The van der Waals surface area contributed by atoms with Crippen LogP contribution in [0, 0.1) is 0 Å². The lowest BCUT2D eigenvalue weighted by atomic mass is 10.2. The van der Waals surface area contributed by atoms with E-state index < -0.39 is 0 Å². The zero-order valence-corrected chi connectivity index (χ0v) is 9.17. The molecule has 0 aromatic heterocycles. The molecule has 0 N–H and O–H groups in total. The second-order valence-electron chi connectivity index (χ2n) is 3.98. The van der Waals surface area contributed by atoms with Crippen molar-refractivity contribution in [1.82, 2.24) is 9.80 Å². The summed E-state index contributed by atoms with van der Waals surface area (Å²) in [5.74, 6) is 0. The molecule has 1 radical (unpaired) electrons. The standard InChI is InChI=1S/C11H21N2O/c1-2-3-4-5-6-12-7-9-13(11-14)10-8-12/h2-10H2,1H3. The number of hydrogen-bond donors (Lipinski definition) is 0. The molecule has 0 aliphatic carbocycles. The molecular formula is C11H21N2O. The molecule has 81 valence electrons. The molecule has 14 heavy (non-hydrogen) atoms. The molecule has 1 aliphatic heterocycles. The van der Waals surface area contributed by atoms with Gasteiger partial charge in [-0.05, 0) is 13.0 Å². The van der Waals surface area contributed by atoms with Gasteiger partial charge < -0.3 is 4.90 Å². The van der Waals surface area contributed by atoms with Gasteiger partial charge in [0.25, 0.3) is 0 Å². The van der Waals surface area contributed by atoms with Crippen molar-refractivity contribution < 1.29 is 4.79 Å². The summed E-state index contributed by atoms with van der Waals surface area (Å²) in [6.45, 7) is 7.21. The zero-order valence-electron chi connectivity index (χ0n) is 9.17. The van der Waals surface area contributed by atoms with Gasteiger partial charge in [-0.25, -0.2) is 0 Å². The minimum Gasteiger partial charge on any atom is -0.332 e. The van der Waals surface area contributed by atoms with E-state index in [0.29, 0.717) is 0 Å². The van der Waals surface area contributed by atoms with E-state index in [4.69, 9.17) is 0 Å². The summed E-state index contributed by atoms with van der Waals surface area (Å²) in [6.07, 6.45) is 7.25. The fraction of sp³-hybridized carbons (Fsp3) is 0.909. The van der Waals surface area contributed by atoms with Crippen LogP contribution in [0.15, 0.2) is 0 Å². The Bertz CT molecular complexity index is 153. The Balaban J connectivity index is 2.01. The summed E-state index contributed by atoms with van der Waals surface area (Å²) in [6, 6.07) is 0. The lowest BCUT2D eigenvalue weighted by molar-refractivity contribution is 0.176. The zero-order chi connectivity index (χ0) is 10.2. The highest BCUT2D eigenvalue weighted by atomic mass is 16.1. The van der Waals surface area contributed by atoms with E-state index in [0.717, 1.165) is 26.2 Å². The smallest absolute Gasteiger partial charge is 0.312 e. The number of unbranched alkanes of at least 4 members (excludes halogenated alkanes) is 3. The van der Waals surface area contributed by atoms with Crippen molar-refractivity contribution in [3.05, 3.63) is 0 Å². The molecule has 1 amide bonds. The third-order valence-electron chi connectivity index (χ3n) is 2.83. The molecule has 1 saturated heterocycles. The van der Waals surface area contributed by atoms with E-state index in [1.165, 1.54) is 32.2 Å². The van der Waals surface area contributed by atoms with Crippen LogP contribution >= 0.6 is 0 Å². The minimum atomic E-state index is 0.858. The Kier molecular flexibility index (Phi) is 5.60. The number of hydrogen-bond acceptors (Lipinski definition) is 2. The van der Waals surface area contributed by atoms with Gasteiger partial charge >= 0.3 is 6.41 Å². The Morgan fingerprint density at radius 3 is 2.36 bits per heavy atom. The summed E-state index contributed by atoms with van der Waals surface area (Å²) in [4.78, 5) is 14.5. The molecule has 1 aliphatic rings. The van der Waals surface area contributed by atoms with E-state index in [1.807, 2.05) is 6.41 Å². The summed E-state index contributed by atoms with van der Waals surface area (Å²) < 4.78 is 0. The van der Waals surface area contributed by atoms with Crippen molar-refractivity contribution >= 4 is 6.41 Å². The monoisotopic (exact) mass is 197 g/mol. The molecule has 1 heterocycles. The van der Waals surface area contributed by atoms with Crippen LogP contribution in [0.1, 0.15) is 32.6 Å². The van der Waals surface area contributed by atoms with Crippen LogP contribution in [-0.2, 0) is 4.79 Å². The number of nitrogens with zero attached hydrogens (tertiary/aromatic N) is 2. The first-order chi connectivity index (χ1) is 6.86.